The topological polar surface area (TPSA) is 77.2 Å². The molecule has 1 aromatic heterocycles. The molecule has 0 aliphatic carbocycles. The fraction of sp³-hybridized carbons (Fsp3) is 0.500. The molecule has 1 aromatic rings. The Labute approximate surface area is 86.3 Å². The number of nitrogens with one attached hydrogen (secondary N) is 1. The third-order valence-corrected chi connectivity index (χ3v) is 2.60. The van der Waals surface area contributed by atoms with Crippen molar-refractivity contribution in [3.8, 4) is 0 Å². The van der Waals surface area contributed by atoms with E-state index < -0.39 is 0 Å². The van der Waals surface area contributed by atoms with Crippen LogP contribution in [0, 0.1) is 6.92 Å². The second-order valence-electron chi connectivity index (χ2n) is 2.72. The van der Waals surface area contributed by atoms with E-state index in [-0.39, 0.29) is 5.91 Å². The number of carbonyl (C=O) groups excluding carboxylic acids is 1. The molecule has 0 unspecified atom stereocenters. The number of nitrogens with zero attached hydrogens (tertiary/aromatic N) is 1. The Hall–Kier alpha value is -1.14. The number of aryl methyl sites for hydroxylation is 1. The molecule has 0 radical (unpaired) electrons. The molecule has 1 heterocycles. The van der Waals surface area contributed by atoms with Gasteiger partial charge in [-0.3, -0.25) is 4.79 Å². The molecule has 0 aromatic carbocycles. The maximum Gasteiger partial charge on any atom is 0.263 e. The van der Waals surface area contributed by atoms with Crippen LogP contribution < -0.4 is 11.1 Å². The van der Waals surface area contributed by atoms with Gasteiger partial charge in [0, 0.05) is 13.7 Å². The van der Waals surface area contributed by atoms with E-state index in [9.17, 15) is 4.79 Å². The monoisotopic (exact) mass is 215 g/mol. The summed E-state index contributed by atoms with van der Waals surface area (Å²) in [5.74, 6) is -0.145. The summed E-state index contributed by atoms with van der Waals surface area (Å²) in [5, 5.41) is 3.12. The summed E-state index contributed by atoms with van der Waals surface area (Å²) in [7, 11) is 1.59. The molecule has 0 spiro atoms. The van der Waals surface area contributed by atoms with Crippen LogP contribution >= 0.6 is 11.3 Å². The molecule has 0 atom stereocenters. The van der Waals surface area contributed by atoms with E-state index in [0.717, 1.165) is 0 Å². The third kappa shape index (κ3) is 2.68. The maximum absolute atomic E-state index is 11.5. The molecule has 14 heavy (non-hydrogen) atoms. The summed E-state index contributed by atoms with van der Waals surface area (Å²) < 4.78 is 4.81. The highest BCUT2D eigenvalue weighted by Gasteiger charge is 2.12. The number of nitrogen functional groups attached to an aromatic ring is 1. The maximum atomic E-state index is 11.5. The second-order valence-corrected chi connectivity index (χ2v) is 3.75. The largest absolute Gasteiger partial charge is 0.383 e. The zero-order valence-corrected chi connectivity index (χ0v) is 8.98. The standard InChI is InChI=1S/C8H13N3O2S/c1-5-6(14-8(9)11-5)7(12)10-3-4-13-2/h3-4H2,1-2H3,(H2,9,11)(H,10,12). The first-order valence-electron chi connectivity index (χ1n) is 4.15. The highest BCUT2D eigenvalue weighted by atomic mass is 32.1. The van der Waals surface area contributed by atoms with Gasteiger partial charge in [0.1, 0.15) is 4.88 Å². The lowest BCUT2D eigenvalue weighted by Gasteiger charge is -2.01. The van der Waals surface area contributed by atoms with Crippen molar-refractivity contribution in [3.05, 3.63) is 10.6 Å². The Morgan fingerprint density at radius 2 is 2.43 bits per heavy atom. The first-order chi connectivity index (χ1) is 6.65. The highest BCUT2D eigenvalue weighted by Crippen LogP contribution is 2.18. The van der Waals surface area contributed by atoms with Crippen LogP contribution in [0.3, 0.4) is 0 Å². The number of rotatable bonds is 4. The number of hydrogen-bond acceptors (Lipinski definition) is 5. The van der Waals surface area contributed by atoms with E-state index in [2.05, 4.69) is 10.3 Å². The van der Waals surface area contributed by atoms with Crippen LogP contribution in [0.5, 0.6) is 0 Å². The van der Waals surface area contributed by atoms with Gasteiger partial charge in [0.25, 0.3) is 5.91 Å². The van der Waals surface area contributed by atoms with Crippen molar-refractivity contribution in [1.29, 1.82) is 0 Å². The summed E-state index contributed by atoms with van der Waals surface area (Å²) in [4.78, 5) is 16.0. The van der Waals surface area contributed by atoms with Crippen molar-refractivity contribution in [1.82, 2.24) is 10.3 Å². The molecule has 0 saturated carbocycles. The fourth-order valence-corrected chi connectivity index (χ4v) is 1.72. The van der Waals surface area contributed by atoms with Crippen LogP contribution in [0.15, 0.2) is 0 Å². The van der Waals surface area contributed by atoms with Gasteiger partial charge >= 0.3 is 0 Å². The molecule has 78 valence electrons. The lowest BCUT2D eigenvalue weighted by Crippen LogP contribution is -2.26. The van der Waals surface area contributed by atoms with Gasteiger partial charge in [-0.05, 0) is 6.92 Å². The summed E-state index contributed by atoms with van der Waals surface area (Å²) in [6.07, 6.45) is 0. The number of ether oxygens (including phenoxy) is 1. The van der Waals surface area contributed by atoms with E-state index in [1.807, 2.05) is 0 Å². The van der Waals surface area contributed by atoms with Gasteiger partial charge in [-0.2, -0.15) is 0 Å². The lowest BCUT2D eigenvalue weighted by molar-refractivity contribution is 0.0940. The fourth-order valence-electron chi connectivity index (χ4n) is 0.975. The number of aromatic nitrogens is 1. The van der Waals surface area contributed by atoms with E-state index in [0.29, 0.717) is 28.9 Å². The van der Waals surface area contributed by atoms with Gasteiger partial charge in [0.15, 0.2) is 5.13 Å². The van der Waals surface area contributed by atoms with Crippen LogP contribution in [-0.2, 0) is 4.74 Å². The van der Waals surface area contributed by atoms with Crippen molar-refractivity contribution in [2.45, 2.75) is 6.92 Å². The van der Waals surface area contributed by atoms with E-state index in [4.69, 9.17) is 10.5 Å². The zero-order valence-electron chi connectivity index (χ0n) is 8.16. The van der Waals surface area contributed by atoms with Crippen molar-refractivity contribution >= 4 is 22.4 Å². The van der Waals surface area contributed by atoms with Gasteiger partial charge in [0.05, 0.1) is 12.3 Å². The molecular weight excluding hydrogens is 202 g/mol. The van der Waals surface area contributed by atoms with Crippen LogP contribution in [0.2, 0.25) is 0 Å². The van der Waals surface area contributed by atoms with E-state index in [1.54, 1.807) is 14.0 Å². The highest BCUT2D eigenvalue weighted by molar-refractivity contribution is 7.17. The SMILES string of the molecule is COCCNC(=O)c1sc(N)nc1C. The Balaban J connectivity index is 2.56. The molecule has 0 aliphatic heterocycles. The van der Waals surface area contributed by atoms with Gasteiger partial charge in [0.2, 0.25) is 0 Å². The molecule has 0 aliphatic rings. The Bertz CT molecular complexity index is 324. The number of methoxy groups -OCH3 is 1. The van der Waals surface area contributed by atoms with Crippen molar-refractivity contribution < 1.29 is 9.53 Å². The summed E-state index contributed by atoms with van der Waals surface area (Å²) >= 11 is 1.19. The van der Waals surface area contributed by atoms with Crippen LogP contribution in [0.1, 0.15) is 15.4 Å². The minimum Gasteiger partial charge on any atom is -0.383 e. The molecule has 0 bridgehead atoms. The Kier molecular flexibility index (Phi) is 3.84. The number of thiazole rings is 1. The predicted molar refractivity (Wildman–Crippen MR) is 55.5 cm³/mol. The number of hydrogen-bond donors (Lipinski definition) is 2. The second kappa shape index (κ2) is 4.92. The molecule has 3 N–H and O–H groups in total. The average molecular weight is 215 g/mol. The quantitative estimate of drug-likeness (QED) is 0.713. The normalized spacial score (nSPS) is 10.1. The Morgan fingerprint density at radius 1 is 1.71 bits per heavy atom. The first-order valence-corrected chi connectivity index (χ1v) is 4.97. The smallest absolute Gasteiger partial charge is 0.263 e. The van der Waals surface area contributed by atoms with Crippen LogP contribution in [0.25, 0.3) is 0 Å². The molecule has 1 rings (SSSR count). The molecule has 5 nitrogen and oxygen atoms in total. The van der Waals surface area contributed by atoms with Gasteiger partial charge in [-0.1, -0.05) is 11.3 Å². The minimum absolute atomic E-state index is 0.145. The van der Waals surface area contributed by atoms with Crippen molar-refractivity contribution in [2.75, 3.05) is 26.0 Å². The summed E-state index contributed by atoms with van der Waals surface area (Å²) in [5.41, 5.74) is 6.14. The van der Waals surface area contributed by atoms with Crippen molar-refractivity contribution in [3.63, 3.8) is 0 Å². The minimum atomic E-state index is -0.145. The molecule has 0 saturated heterocycles. The van der Waals surface area contributed by atoms with Crippen LogP contribution in [-0.4, -0.2) is 31.2 Å². The van der Waals surface area contributed by atoms with Gasteiger partial charge in [-0.15, -0.1) is 0 Å². The molecular formula is C8H13N3O2S. The van der Waals surface area contributed by atoms with Crippen molar-refractivity contribution in [2.24, 2.45) is 0 Å². The number of nitrogens with two attached hydrogens (primary N) is 1. The average Bonchev–Trinajstić information content (AvgIpc) is 2.45. The van der Waals surface area contributed by atoms with Gasteiger partial charge < -0.3 is 15.8 Å². The Morgan fingerprint density at radius 3 is 2.93 bits per heavy atom. The summed E-state index contributed by atoms with van der Waals surface area (Å²) in [6, 6.07) is 0. The van der Waals surface area contributed by atoms with E-state index >= 15 is 0 Å². The molecule has 6 heteroatoms. The predicted octanol–water partition coefficient (Wildman–Crippen LogP) is 0.410. The first kappa shape index (κ1) is 10.9. The van der Waals surface area contributed by atoms with Gasteiger partial charge in [-0.25, -0.2) is 4.98 Å². The number of anilines is 1. The van der Waals surface area contributed by atoms with E-state index in [1.165, 1.54) is 11.3 Å². The summed E-state index contributed by atoms with van der Waals surface area (Å²) in [6.45, 7) is 2.75. The molecule has 1 amide bonds. The third-order valence-electron chi connectivity index (χ3n) is 1.61. The number of carbonyl (C=O) groups is 1. The molecule has 0 fully saturated rings. The zero-order chi connectivity index (χ0) is 10.6. The number of amides is 1. The lowest BCUT2D eigenvalue weighted by atomic mass is 10.4. The van der Waals surface area contributed by atoms with Crippen LogP contribution in [0.4, 0.5) is 5.13 Å².